The highest BCUT2D eigenvalue weighted by atomic mass is 79.9. The highest BCUT2D eigenvalue weighted by Crippen LogP contribution is 2.31. The molecule has 0 heterocycles. The average Bonchev–Trinajstić information content (AvgIpc) is 2.47. The Morgan fingerprint density at radius 3 is 2.57 bits per heavy atom. The lowest BCUT2D eigenvalue weighted by Gasteiger charge is -2.18. The predicted molar refractivity (Wildman–Crippen MR) is 87.2 cm³/mol. The molecule has 0 aliphatic rings. The van der Waals surface area contributed by atoms with Crippen LogP contribution in [0.3, 0.4) is 0 Å². The summed E-state index contributed by atoms with van der Waals surface area (Å²) in [5.41, 5.74) is 1.95. The first-order chi connectivity index (χ1) is 10.2. The van der Waals surface area contributed by atoms with Crippen molar-refractivity contribution >= 4 is 15.9 Å². The smallest absolute Gasteiger partial charge is 0.133 e. The van der Waals surface area contributed by atoms with Crippen molar-refractivity contribution in [2.45, 2.75) is 19.4 Å². The third-order valence-corrected chi connectivity index (χ3v) is 3.84. The lowest BCUT2D eigenvalue weighted by atomic mass is 9.99. The van der Waals surface area contributed by atoms with Crippen molar-refractivity contribution in [3.63, 3.8) is 0 Å². The summed E-state index contributed by atoms with van der Waals surface area (Å²) in [6.45, 7) is 2.76. The number of rotatable bonds is 6. The van der Waals surface area contributed by atoms with Crippen LogP contribution in [0.1, 0.15) is 30.5 Å². The van der Waals surface area contributed by atoms with Gasteiger partial charge in [-0.2, -0.15) is 0 Å². The number of nitrogens with one attached hydrogen (secondary N) is 1. The third-order valence-electron chi connectivity index (χ3n) is 3.22. The largest absolute Gasteiger partial charge is 0.492 e. The first-order valence-corrected chi connectivity index (χ1v) is 7.80. The van der Waals surface area contributed by atoms with E-state index in [4.69, 9.17) is 4.74 Å². The van der Waals surface area contributed by atoms with Gasteiger partial charge in [0, 0.05) is 0 Å². The van der Waals surface area contributed by atoms with Gasteiger partial charge in [0.1, 0.15) is 11.6 Å². The zero-order valence-electron chi connectivity index (χ0n) is 12.2. The number of hydrogen-bond donors (Lipinski definition) is 1. The van der Waals surface area contributed by atoms with Crippen LogP contribution in [0, 0.1) is 5.82 Å². The summed E-state index contributed by atoms with van der Waals surface area (Å²) in [6.07, 6.45) is 0.969. The first kappa shape index (κ1) is 16.0. The van der Waals surface area contributed by atoms with Crippen molar-refractivity contribution in [3.8, 4) is 5.75 Å². The van der Waals surface area contributed by atoms with Gasteiger partial charge in [-0.25, -0.2) is 4.39 Å². The van der Waals surface area contributed by atoms with Gasteiger partial charge in [-0.3, -0.25) is 0 Å². The van der Waals surface area contributed by atoms with Crippen LogP contribution in [0.25, 0.3) is 0 Å². The molecule has 2 aromatic carbocycles. The van der Waals surface area contributed by atoms with Gasteiger partial charge in [0.2, 0.25) is 0 Å². The molecule has 0 saturated carbocycles. The Balaban J connectivity index is 2.28. The Morgan fingerprint density at radius 1 is 1.19 bits per heavy atom. The lowest BCUT2D eigenvalue weighted by Crippen LogP contribution is -2.17. The van der Waals surface area contributed by atoms with Crippen LogP contribution in [0.5, 0.6) is 5.75 Å². The first-order valence-electron chi connectivity index (χ1n) is 7.00. The quantitative estimate of drug-likeness (QED) is 0.815. The molecule has 1 atom stereocenters. The van der Waals surface area contributed by atoms with Gasteiger partial charge < -0.3 is 10.1 Å². The van der Waals surface area contributed by atoms with Crippen LogP contribution in [-0.2, 0) is 0 Å². The van der Waals surface area contributed by atoms with Crippen molar-refractivity contribution in [1.82, 2.24) is 5.32 Å². The standard InChI is InChI=1S/C17H19BrFNO/c1-3-9-21-16-8-7-13(11-15(16)18)17(20-2)12-5-4-6-14(19)10-12/h4-8,10-11,17,20H,3,9H2,1-2H3. The maximum Gasteiger partial charge on any atom is 0.133 e. The minimum atomic E-state index is -0.227. The fourth-order valence-electron chi connectivity index (χ4n) is 2.24. The molecule has 0 amide bonds. The van der Waals surface area contributed by atoms with E-state index < -0.39 is 0 Å². The monoisotopic (exact) mass is 351 g/mol. The summed E-state index contributed by atoms with van der Waals surface area (Å²) in [5.74, 6) is 0.601. The fraction of sp³-hybridized carbons (Fsp3) is 0.294. The number of hydrogen-bond acceptors (Lipinski definition) is 2. The number of benzene rings is 2. The van der Waals surface area contributed by atoms with E-state index >= 15 is 0 Å². The molecule has 0 saturated heterocycles. The maximum atomic E-state index is 13.4. The lowest BCUT2D eigenvalue weighted by molar-refractivity contribution is 0.315. The Hall–Kier alpha value is -1.39. The summed E-state index contributed by atoms with van der Waals surface area (Å²) < 4.78 is 20.0. The summed E-state index contributed by atoms with van der Waals surface area (Å²) in [5, 5.41) is 3.22. The van der Waals surface area contributed by atoms with E-state index in [9.17, 15) is 4.39 Å². The zero-order chi connectivity index (χ0) is 15.2. The van der Waals surface area contributed by atoms with Gasteiger partial charge >= 0.3 is 0 Å². The molecule has 0 fully saturated rings. The number of ether oxygens (including phenoxy) is 1. The molecule has 0 aromatic heterocycles. The molecule has 4 heteroatoms. The second-order valence-electron chi connectivity index (χ2n) is 4.82. The van der Waals surface area contributed by atoms with Gasteiger partial charge in [0.15, 0.2) is 0 Å². The molecule has 21 heavy (non-hydrogen) atoms. The van der Waals surface area contributed by atoms with E-state index in [2.05, 4.69) is 28.2 Å². The Morgan fingerprint density at radius 2 is 1.95 bits per heavy atom. The predicted octanol–water partition coefficient (Wildman–Crippen LogP) is 4.69. The topological polar surface area (TPSA) is 21.3 Å². The van der Waals surface area contributed by atoms with E-state index in [1.54, 1.807) is 12.1 Å². The molecule has 112 valence electrons. The van der Waals surface area contributed by atoms with Crippen LogP contribution in [-0.4, -0.2) is 13.7 Å². The summed E-state index contributed by atoms with van der Waals surface area (Å²) in [7, 11) is 1.87. The maximum absolute atomic E-state index is 13.4. The normalized spacial score (nSPS) is 12.2. The van der Waals surface area contributed by atoms with Crippen molar-refractivity contribution in [3.05, 3.63) is 63.9 Å². The molecule has 2 nitrogen and oxygen atoms in total. The van der Waals surface area contributed by atoms with Gasteiger partial charge in [-0.15, -0.1) is 0 Å². The molecule has 0 radical (unpaired) electrons. The van der Waals surface area contributed by atoms with E-state index in [1.165, 1.54) is 6.07 Å². The van der Waals surface area contributed by atoms with Gasteiger partial charge in [-0.1, -0.05) is 25.1 Å². The van der Waals surface area contributed by atoms with Crippen LogP contribution in [0.2, 0.25) is 0 Å². The Bertz CT molecular complexity index is 603. The molecule has 0 spiro atoms. The van der Waals surface area contributed by atoms with Crippen molar-refractivity contribution in [2.24, 2.45) is 0 Å². The fourth-order valence-corrected chi connectivity index (χ4v) is 2.75. The summed E-state index contributed by atoms with van der Waals surface area (Å²) in [6, 6.07) is 12.5. The molecular formula is C17H19BrFNO. The molecule has 0 aliphatic heterocycles. The van der Waals surface area contributed by atoms with E-state index in [0.29, 0.717) is 6.61 Å². The van der Waals surface area contributed by atoms with E-state index in [1.807, 2.05) is 31.3 Å². The van der Waals surface area contributed by atoms with Crippen LogP contribution < -0.4 is 10.1 Å². The van der Waals surface area contributed by atoms with Crippen molar-refractivity contribution in [2.75, 3.05) is 13.7 Å². The molecule has 2 rings (SSSR count). The van der Waals surface area contributed by atoms with Crippen molar-refractivity contribution in [1.29, 1.82) is 0 Å². The van der Waals surface area contributed by atoms with E-state index in [-0.39, 0.29) is 11.9 Å². The van der Waals surface area contributed by atoms with E-state index in [0.717, 1.165) is 27.8 Å². The molecule has 0 aliphatic carbocycles. The van der Waals surface area contributed by atoms with Crippen LogP contribution in [0.4, 0.5) is 4.39 Å². The van der Waals surface area contributed by atoms with Gasteiger partial charge in [0.05, 0.1) is 17.1 Å². The number of halogens is 2. The zero-order valence-corrected chi connectivity index (χ0v) is 13.8. The Labute approximate surface area is 133 Å². The second-order valence-corrected chi connectivity index (χ2v) is 5.67. The van der Waals surface area contributed by atoms with Gasteiger partial charge in [-0.05, 0) is 64.8 Å². The summed E-state index contributed by atoms with van der Waals surface area (Å²) >= 11 is 3.53. The highest BCUT2D eigenvalue weighted by Gasteiger charge is 2.14. The average molecular weight is 352 g/mol. The third kappa shape index (κ3) is 4.05. The van der Waals surface area contributed by atoms with Gasteiger partial charge in [0.25, 0.3) is 0 Å². The minimum absolute atomic E-state index is 0.0581. The SMILES string of the molecule is CCCOc1ccc(C(NC)c2cccc(F)c2)cc1Br. The van der Waals surface area contributed by atoms with Crippen LogP contribution in [0.15, 0.2) is 46.9 Å². The van der Waals surface area contributed by atoms with Crippen LogP contribution >= 0.6 is 15.9 Å². The molecule has 0 bridgehead atoms. The second kappa shape index (κ2) is 7.57. The molecule has 1 N–H and O–H groups in total. The molecular weight excluding hydrogens is 333 g/mol. The molecule has 2 aromatic rings. The molecule has 1 unspecified atom stereocenters. The Kier molecular flexibility index (Phi) is 5.76. The summed E-state index contributed by atoms with van der Waals surface area (Å²) in [4.78, 5) is 0. The highest BCUT2D eigenvalue weighted by molar-refractivity contribution is 9.10. The van der Waals surface area contributed by atoms with Crippen molar-refractivity contribution < 1.29 is 9.13 Å². The minimum Gasteiger partial charge on any atom is -0.492 e.